The van der Waals surface area contributed by atoms with Crippen molar-refractivity contribution in [2.45, 2.75) is 38.7 Å². The van der Waals surface area contributed by atoms with E-state index in [0.29, 0.717) is 19.8 Å². The lowest BCUT2D eigenvalue weighted by Gasteiger charge is -2.22. The first-order chi connectivity index (χ1) is 10.5. The van der Waals surface area contributed by atoms with E-state index in [1.165, 1.54) is 0 Å². The number of nitrogens with zero attached hydrogens (tertiary/aromatic N) is 1. The van der Waals surface area contributed by atoms with Crippen LogP contribution in [0.5, 0.6) is 5.75 Å². The lowest BCUT2D eigenvalue weighted by molar-refractivity contribution is -0.122. The van der Waals surface area contributed by atoms with Gasteiger partial charge in [-0.3, -0.25) is 9.69 Å². The number of methoxy groups -OCH3 is 1. The quantitative estimate of drug-likeness (QED) is 0.831. The summed E-state index contributed by atoms with van der Waals surface area (Å²) in [6, 6.07) is 5.22. The maximum absolute atomic E-state index is 13.6. The van der Waals surface area contributed by atoms with Crippen LogP contribution < -0.4 is 10.5 Å². The van der Waals surface area contributed by atoms with Crippen LogP contribution in [0.15, 0.2) is 18.2 Å². The molecule has 0 spiro atoms. The van der Waals surface area contributed by atoms with Crippen molar-refractivity contribution in [3.63, 3.8) is 0 Å². The number of hydrogen-bond acceptors (Lipinski definition) is 4. The van der Waals surface area contributed by atoms with Crippen LogP contribution in [-0.2, 0) is 22.7 Å². The van der Waals surface area contributed by atoms with Crippen LogP contribution in [0.2, 0.25) is 0 Å². The first kappa shape index (κ1) is 16.7. The molecule has 1 saturated heterocycles. The number of nitrogens with two attached hydrogens (primary N) is 1. The number of amides is 1. The van der Waals surface area contributed by atoms with Gasteiger partial charge in [0.25, 0.3) is 0 Å². The van der Waals surface area contributed by atoms with Crippen molar-refractivity contribution in [1.29, 1.82) is 0 Å². The van der Waals surface area contributed by atoms with Crippen LogP contribution in [0.4, 0.5) is 4.39 Å². The van der Waals surface area contributed by atoms with Gasteiger partial charge in [-0.15, -0.1) is 0 Å². The summed E-state index contributed by atoms with van der Waals surface area (Å²) in [4.78, 5) is 13.2. The average Bonchev–Trinajstić information content (AvgIpc) is 2.86. The summed E-state index contributed by atoms with van der Waals surface area (Å²) in [7, 11) is 1.61. The van der Waals surface area contributed by atoms with E-state index in [-0.39, 0.29) is 13.0 Å². The van der Waals surface area contributed by atoms with Crippen LogP contribution in [0.25, 0.3) is 0 Å². The number of primary amides is 1. The summed E-state index contributed by atoms with van der Waals surface area (Å²) in [6.45, 7) is 3.72. The second kappa shape index (κ2) is 7.56. The molecule has 2 atom stereocenters. The predicted octanol–water partition coefficient (Wildman–Crippen LogP) is 1.63. The SMILES string of the molecule is CCOCc1cc(CN2C[C@H](F)C[C@H]2C(N)=O)ccc1OC. The summed E-state index contributed by atoms with van der Waals surface area (Å²) in [5.41, 5.74) is 7.28. The first-order valence-electron chi connectivity index (χ1n) is 7.46. The number of rotatable bonds is 7. The maximum atomic E-state index is 13.6. The van der Waals surface area contributed by atoms with Crippen molar-refractivity contribution in [3.05, 3.63) is 29.3 Å². The number of carbonyl (C=O) groups excluding carboxylic acids is 1. The minimum absolute atomic E-state index is 0.178. The molecule has 0 aliphatic carbocycles. The van der Waals surface area contributed by atoms with Gasteiger partial charge in [0.15, 0.2) is 0 Å². The van der Waals surface area contributed by atoms with Crippen molar-refractivity contribution in [2.75, 3.05) is 20.3 Å². The highest BCUT2D eigenvalue weighted by Gasteiger charge is 2.35. The molecule has 1 fully saturated rings. The van der Waals surface area contributed by atoms with Gasteiger partial charge in [0.2, 0.25) is 5.91 Å². The average molecular weight is 310 g/mol. The van der Waals surface area contributed by atoms with E-state index >= 15 is 0 Å². The van der Waals surface area contributed by atoms with Gasteiger partial charge in [0.1, 0.15) is 11.9 Å². The molecule has 1 amide bonds. The third kappa shape index (κ3) is 3.96. The molecule has 1 heterocycles. The summed E-state index contributed by atoms with van der Waals surface area (Å²) in [5, 5.41) is 0. The van der Waals surface area contributed by atoms with Gasteiger partial charge >= 0.3 is 0 Å². The standard InChI is InChI=1S/C16H23FN2O3/c1-3-22-10-12-6-11(4-5-15(12)21-2)8-19-9-13(17)7-14(19)16(18)20/h4-6,13-14H,3,7-10H2,1-2H3,(H2,18,20)/t13-,14+/m1/s1. The third-order valence-corrected chi connectivity index (χ3v) is 3.87. The Morgan fingerprint density at radius 2 is 2.27 bits per heavy atom. The molecule has 22 heavy (non-hydrogen) atoms. The molecular formula is C16H23FN2O3. The van der Waals surface area contributed by atoms with Crippen LogP contribution in [0.1, 0.15) is 24.5 Å². The molecule has 2 N–H and O–H groups in total. The van der Waals surface area contributed by atoms with Crippen molar-refractivity contribution < 1.29 is 18.7 Å². The molecule has 1 aromatic carbocycles. The van der Waals surface area contributed by atoms with Crippen LogP contribution in [0.3, 0.4) is 0 Å². The van der Waals surface area contributed by atoms with Gasteiger partial charge in [-0.1, -0.05) is 6.07 Å². The highest BCUT2D eigenvalue weighted by molar-refractivity contribution is 5.80. The predicted molar refractivity (Wildman–Crippen MR) is 81.2 cm³/mol. The Balaban J connectivity index is 2.13. The number of halogens is 1. The third-order valence-electron chi connectivity index (χ3n) is 3.87. The molecule has 1 aliphatic rings. The Bertz CT molecular complexity index is 524. The summed E-state index contributed by atoms with van der Waals surface area (Å²) < 4.78 is 24.3. The van der Waals surface area contributed by atoms with Gasteiger partial charge in [0, 0.05) is 31.7 Å². The molecule has 0 radical (unpaired) electrons. The minimum Gasteiger partial charge on any atom is -0.496 e. The van der Waals surface area contributed by atoms with Crippen molar-refractivity contribution in [3.8, 4) is 5.75 Å². The van der Waals surface area contributed by atoms with Gasteiger partial charge in [-0.05, 0) is 24.6 Å². The number of hydrogen-bond donors (Lipinski definition) is 1. The molecule has 6 heteroatoms. The minimum atomic E-state index is -1.00. The molecule has 0 bridgehead atoms. The molecule has 0 aromatic heterocycles. The number of benzene rings is 1. The van der Waals surface area contributed by atoms with Gasteiger partial charge in [-0.2, -0.15) is 0 Å². The smallest absolute Gasteiger partial charge is 0.234 e. The van der Waals surface area contributed by atoms with Gasteiger partial charge in [0.05, 0.1) is 19.8 Å². The fourth-order valence-corrected chi connectivity index (χ4v) is 2.81. The Morgan fingerprint density at radius 3 is 2.91 bits per heavy atom. The van der Waals surface area contributed by atoms with Gasteiger partial charge < -0.3 is 15.2 Å². The van der Waals surface area contributed by atoms with E-state index < -0.39 is 18.1 Å². The number of ether oxygens (including phenoxy) is 2. The van der Waals surface area contributed by atoms with Crippen LogP contribution in [-0.4, -0.2) is 43.3 Å². The summed E-state index contributed by atoms with van der Waals surface area (Å²) in [5.74, 6) is 0.289. The van der Waals surface area contributed by atoms with Crippen LogP contribution in [0, 0.1) is 0 Å². The number of likely N-dealkylation sites (tertiary alicyclic amines) is 1. The van der Waals surface area contributed by atoms with E-state index in [0.717, 1.165) is 16.9 Å². The largest absolute Gasteiger partial charge is 0.496 e. The Kier molecular flexibility index (Phi) is 5.74. The zero-order valence-electron chi connectivity index (χ0n) is 13.0. The molecule has 0 saturated carbocycles. The molecule has 0 unspecified atom stereocenters. The lowest BCUT2D eigenvalue weighted by Crippen LogP contribution is -2.39. The first-order valence-corrected chi connectivity index (χ1v) is 7.46. The molecule has 2 rings (SSSR count). The van der Waals surface area contributed by atoms with E-state index in [9.17, 15) is 9.18 Å². The molecule has 122 valence electrons. The summed E-state index contributed by atoms with van der Waals surface area (Å²) >= 11 is 0. The Labute approximate surface area is 130 Å². The van der Waals surface area contributed by atoms with E-state index in [4.69, 9.17) is 15.2 Å². The zero-order chi connectivity index (χ0) is 16.1. The highest BCUT2D eigenvalue weighted by atomic mass is 19.1. The number of carbonyl (C=O) groups is 1. The normalized spacial score (nSPS) is 22.0. The van der Waals surface area contributed by atoms with Crippen molar-refractivity contribution >= 4 is 5.91 Å². The van der Waals surface area contributed by atoms with Gasteiger partial charge in [-0.25, -0.2) is 4.39 Å². The highest BCUT2D eigenvalue weighted by Crippen LogP contribution is 2.25. The molecule has 1 aromatic rings. The second-order valence-electron chi connectivity index (χ2n) is 5.46. The molecular weight excluding hydrogens is 287 g/mol. The van der Waals surface area contributed by atoms with E-state index in [2.05, 4.69) is 0 Å². The van der Waals surface area contributed by atoms with Crippen molar-refractivity contribution in [2.24, 2.45) is 5.73 Å². The second-order valence-corrected chi connectivity index (χ2v) is 5.46. The lowest BCUT2D eigenvalue weighted by atomic mass is 10.1. The summed E-state index contributed by atoms with van der Waals surface area (Å²) in [6.07, 6.45) is -0.823. The molecule has 5 nitrogen and oxygen atoms in total. The monoisotopic (exact) mass is 310 g/mol. The van der Waals surface area contributed by atoms with Crippen molar-refractivity contribution in [1.82, 2.24) is 4.90 Å². The topological polar surface area (TPSA) is 64.8 Å². The number of alkyl halides is 1. The Morgan fingerprint density at radius 1 is 1.50 bits per heavy atom. The van der Waals surface area contributed by atoms with Crippen LogP contribution >= 0.6 is 0 Å². The fourth-order valence-electron chi connectivity index (χ4n) is 2.81. The van der Waals surface area contributed by atoms with E-state index in [1.54, 1.807) is 12.0 Å². The maximum Gasteiger partial charge on any atom is 0.234 e. The van der Waals surface area contributed by atoms with E-state index in [1.807, 2.05) is 25.1 Å². The Hall–Kier alpha value is -1.66. The zero-order valence-corrected chi connectivity index (χ0v) is 13.0. The fraction of sp³-hybridized carbons (Fsp3) is 0.562. The molecule has 1 aliphatic heterocycles.